The van der Waals surface area contributed by atoms with Crippen LogP contribution in [0.2, 0.25) is 0 Å². The summed E-state index contributed by atoms with van der Waals surface area (Å²) >= 11 is 0. The highest BCUT2D eigenvalue weighted by Crippen LogP contribution is 2.21. The molecular weight excluding hydrogens is 272 g/mol. The van der Waals surface area contributed by atoms with E-state index in [1.54, 1.807) is 6.92 Å². The zero-order chi connectivity index (χ0) is 16.2. The summed E-state index contributed by atoms with van der Waals surface area (Å²) in [7, 11) is 0. The zero-order valence-electron chi connectivity index (χ0n) is 14.2. The molecule has 22 heavy (non-hydrogen) atoms. The number of rotatable bonds is 11. The molecular formula is C20H30O2. The van der Waals surface area contributed by atoms with E-state index in [-0.39, 0.29) is 5.97 Å². The summed E-state index contributed by atoms with van der Waals surface area (Å²) in [5, 5.41) is 0. The molecule has 0 unspecified atom stereocenters. The van der Waals surface area contributed by atoms with Gasteiger partial charge in [-0.05, 0) is 31.4 Å². The molecule has 1 rings (SSSR count). The third-order valence-electron chi connectivity index (χ3n) is 3.82. The third-order valence-corrected chi connectivity index (χ3v) is 3.82. The molecule has 122 valence electrons. The van der Waals surface area contributed by atoms with Crippen molar-refractivity contribution < 1.29 is 9.53 Å². The lowest BCUT2D eigenvalue weighted by Gasteiger charge is -2.10. The number of esters is 1. The van der Waals surface area contributed by atoms with Crippen molar-refractivity contribution >= 4 is 5.97 Å². The van der Waals surface area contributed by atoms with E-state index in [0.717, 1.165) is 18.4 Å². The summed E-state index contributed by atoms with van der Waals surface area (Å²) in [4.78, 5) is 11.6. The van der Waals surface area contributed by atoms with Gasteiger partial charge in [0.1, 0.15) is 5.75 Å². The Labute approximate surface area is 135 Å². The van der Waals surface area contributed by atoms with E-state index < -0.39 is 0 Å². The fourth-order valence-corrected chi connectivity index (χ4v) is 2.45. The third kappa shape index (κ3) is 7.44. The van der Waals surface area contributed by atoms with Gasteiger partial charge in [0.2, 0.25) is 0 Å². The van der Waals surface area contributed by atoms with Crippen molar-refractivity contribution in [2.24, 2.45) is 0 Å². The first kappa shape index (κ1) is 18.5. The maximum Gasteiger partial charge on any atom is 0.338 e. The molecule has 0 spiro atoms. The van der Waals surface area contributed by atoms with Gasteiger partial charge in [-0.15, -0.1) is 0 Å². The van der Waals surface area contributed by atoms with Crippen LogP contribution in [0.25, 0.3) is 0 Å². The molecule has 0 N–H and O–H groups in total. The van der Waals surface area contributed by atoms with Crippen LogP contribution in [0.15, 0.2) is 36.4 Å². The fraction of sp³-hybridized carbons (Fsp3) is 0.550. The van der Waals surface area contributed by atoms with Crippen LogP contribution in [0.3, 0.4) is 0 Å². The second kappa shape index (κ2) is 11.1. The fourth-order valence-electron chi connectivity index (χ4n) is 2.45. The highest BCUT2D eigenvalue weighted by molar-refractivity contribution is 5.88. The molecule has 0 saturated carbocycles. The van der Waals surface area contributed by atoms with Crippen molar-refractivity contribution in [3.63, 3.8) is 0 Å². The van der Waals surface area contributed by atoms with Crippen LogP contribution in [0.1, 0.15) is 70.8 Å². The van der Waals surface area contributed by atoms with E-state index in [4.69, 9.17) is 4.74 Å². The monoisotopic (exact) mass is 302 g/mol. The largest absolute Gasteiger partial charge is 0.423 e. The van der Waals surface area contributed by atoms with Gasteiger partial charge in [0.05, 0.1) is 0 Å². The van der Waals surface area contributed by atoms with Crippen molar-refractivity contribution in [1.29, 1.82) is 0 Å². The number of aryl methyl sites for hydroxylation is 1. The lowest BCUT2D eigenvalue weighted by atomic mass is 10.0. The Morgan fingerprint density at radius 2 is 1.59 bits per heavy atom. The highest BCUT2D eigenvalue weighted by atomic mass is 16.5. The molecule has 0 radical (unpaired) electrons. The number of benzene rings is 1. The number of para-hydroxylation sites is 1. The Balaban J connectivity index is 2.30. The van der Waals surface area contributed by atoms with Crippen molar-refractivity contribution in [3.8, 4) is 5.75 Å². The summed E-state index contributed by atoms with van der Waals surface area (Å²) in [6.07, 6.45) is 11.4. The average molecular weight is 302 g/mol. The minimum Gasteiger partial charge on any atom is -0.423 e. The molecule has 0 aliphatic heterocycles. The number of carbonyl (C=O) groups excluding carboxylic acids is 1. The number of ether oxygens (including phenoxy) is 1. The normalized spacial score (nSPS) is 10.5. The Bertz CT molecular complexity index is 463. The summed E-state index contributed by atoms with van der Waals surface area (Å²) in [5.41, 5.74) is 1.55. The van der Waals surface area contributed by atoms with Gasteiger partial charge in [0.15, 0.2) is 0 Å². The van der Waals surface area contributed by atoms with E-state index in [0.29, 0.717) is 11.3 Å². The van der Waals surface area contributed by atoms with Gasteiger partial charge >= 0.3 is 5.97 Å². The molecule has 2 nitrogen and oxygen atoms in total. The summed E-state index contributed by atoms with van der Waals surface area (Å²) in [6.45, 7) is 7.54. The first-order chi connectivity index (χ1) is 10.6. The molecule has 1 aromatic rings. The van der Waals surface area contributed by atoms with E-state index >= 15 is 0 Å². The number of hydrogen-bond acceptors (Lipinski definition) is 2. The van der Waals surface area contributed by atoms with Crippen LogP contribution in [0, 0.1) is 0 Å². The van der Waals surface area contributed by atoms with Gasteiger partial charge in [0, 0.05) is 5.57 Å². The standard InChI is InChI=1S/C20H30O2/c1-4-5-6-7-8-9-10-11-14-18-15-12-13-16-19(18)22-20(21)17(2)3/h12-13,15-16H,2,4-11,14H2,1,3H3. The van der Waals surface area contributed by atoms with Crippen LogP contribution in [0.4, 0.5) is 0 Å². The first-order valence-electron chi connectivity index (χ1n) is 8.60. The molecule has 0 aliphatic carbocycles. The number of carbonyl (C=O) groups is 1. The second-order valence-electron chi connectivity index (χ2n) is 6.00. The minimum atomic E-state index is -0.344. The van der Waals surface area contributed by atoms with Crippen LogP contribution >= 0.6 is 0 Å². The minimum absolute atomic E-state index is 0.344. The van der Waals surface area contributed by atoms with E-state index in [2.05, 4.69) is 13.5 Å². The highest BCUT2D eigenvalue weighted by Gasteiger charge is 2.09. The average Bonchev–Trinajstić information content (AvgIpc) is 2.51. The van der Waals surface area contributed by atoms with Crippen molar-refractivity contribution in [2.45, 2.75) is 71.6 Å². The van der Waals surface area contributed by atoms with Crippen molar-refractivity contribution in [1.82, 2.24) is 0 Å². The topological polar surface area (TPSA) is 26.3 Å². The van der Waals surface area contributed by atoms with Gasteiger partial charge in [-0.2, -0.15) is 0 Å². The molecule has 2 heteroatoms. The summed E-state index contributed by atoms with van der Waals surface area (Å²) in [5.74, 6) is 0.335. The Hall–Kier alpha value is -1.57. The van der Waals surface area contributed by atoms with Crippen LogP contribution in [-0.2, 0) is 11.2 Å². The summed E-state index contributed by atoms with van der Waals surface area (Å²) < 4.78 is 5.39. The lowest BCUT2D eigenvalue weighted by Crippen LogP contribution is -2.09. The Morgan fingerprint density at radius 1 is 1.00 bits per heavy atom. The number of hydrogen-bond donors (Lipinski definition) is 0. The molecule has 0 heterocycles. The van der Waals surface area contributed by atoms with Gasteiger partial charge in [-0.1, -0.05) is 76.6 Å². The predicted molar refractivity (Wildman–Crippen MR) is 93.2 cm³/mol. The van der Waals surface area contributed by atoms with E-state index in [1.807, 2.05) is 24.3 Å². The maximum absolute atomic E-state index is 11.6. The Morgan fingerprint density at radius 3 is 2.23 bits per heavy atom. The van der Waals surface area contributed by atoms with Crippen molar-refractivity contribution in [3.05, 3.63) is 42.0 Å². The second-order valence-corrected chi connectivity index (χ2v) is 6.00. The lowest BCUT2D eigenvalue weighted by molar-refractivity contribution is -0.130. The molecule has 0 bridgehead atoms. The number of unbranched alkanes of at least 4 members (excludes halogenated alkanes) is 7. The van der Waals surface area contributed by atoms with Crippen LogP contribution in [-0.4, -0.2) is 5.97 Å². The van der Waals surface area contributed by atoms with E-state index in [9.17, 15) is 4.79 Å². The zero-order valence-corrected chi connectivity index (χ0v) is 14.2. The molecule has 0 saturated heterocycles. The maximum atomic E-state index is 11.6. The first-order valence-corrected chi connectivity index (χ1v) is 8.60. The smallest absolute Gasteiger partial charge is 0.338 e. The van der Waals surface area contributed by atoms with Gasteiger partial charge < -0.3 is 4.74 Å². The van der Waals surface area contributed by atoms with Gasteiger partial charge in [-0.25, -0.2) is 4.79 Å². The quantitative estimate of drug-likeness (QED) is 0.222. The van der Waals surface area contributed by atoms with Crippen molar-refractivity contribution in [2.75, 3.05) is 0 Å². The molecule has 0 aliphatic rings. The van der Waals surface area contributed by atoms with Crippen LogP contribution in [0.5, 0.6) is 5.75 Å². The van der Waals surface area contributed by atoms with Gasteiger partial charge in [0.25, 0.3) is 0 Å². The van der Waals surface area contributed by atoms with Gasteiger partial charge in [-0.3, -0.25) is 0 Å². The molecule has 0 aromatic heterocycles. The molecule has 1 aromatic carbocycles. The predicted octanol–water partition coefficient (Wildman–Crippen LogP) is 5.85. The molecule has 0 fully saturated rings. The summed E-state index contributed by atoms with van der Waals surface area (Å²) in [6, 6.07) is 7.81. The molecule has 0 atom stereocenters. The van der Waals surface area contributed by atoms with E-state index in [1.165, 1.54) is 44.9 Å². The Kier molecular flexibility index (Phi) is 9.29. The van der Waals surface area contributed by atoms with Crippen LogP contribution < -0.4 is 4.74 Å². The SMILES string of the molecule is C=C(C)C(=O)Oc1ccccc1CCCCCCCCCC. The molecule has 0 amide bonds.